The average molecular weight is 351 g/mol. The van der Waals surface area contributed by atoms with Crippen molar-refractivity contribution in [2.75, 3.05) is 45.8 Å². The van der Waals surface area contributed by atoms with Crippen molar-refractivity contribution in [3.8, 4) is 16.9 Å². The monoisotopic (exact) mass is 350 g/mol. The molecule has 3 rings (SSSR count). The lowest BCUT2D eigenvalue weighted by molar-refractivity contribution is 0.0254. The van der Waals surface area contributed by atoms with Crippen molar-refractivity contribution in [2.24, 2.45) is 0 Å². The second-order valence-corrected chi connectivity index (χ2v) is 5.66. The molecule has 0 bridgehead atoms. The second kappa shape index (κ2) is 8.28. The van der Waals surface area contributed by atoms with E-state index >= 15 is 0 Å². The number of morpholine rings is 1. The van der Waals surface area contributed by atoms with Crippen molar-refractivity contribution in [1.29, 1.82) is 0 Å². The van der Waals surface area contributed by atoms with Crippen LogP contribution in [0.15, 0.2) is 30.5 Å². The summed E-state index contributed by atoms with van der Waals surface area (Å²) in [6, 6.07) is 7.93. The molecular formula is C17H23ClN4O2. The fraction of sp³-hybridized carbons (Fsp3) is 0.412. The van der Waals surface area contributed by atoms with E-state index in [-0.39, 0.29) is 18.5 Å². The summed E-state index contributed by atoms with van der Waals surface area (Å²) >= 11 is 0. The van der Waals surface area contributed by atoms with Gasteiger partial charge in [0.1, 0.15) is 11.9 Å². The average Bonchev–Trinajstić information content (AvgIpc) is 2.62. The number of nitrogens with zero attached hydrogens (tertiary/aromatic N) is 3. The number of methoxy groups -OCH3 is 1. The lowest BCUT2D eigenvalue weighted by Gasteiger charge is -2.26. The van der Waals surface area contributed by atoms with Crippen LogP contribution in [0.25, 0.3) is 11.1 Å². The van der Waals surface area contributed by atoms with Crippen LogP contribution in [0.1, 0.15) is 11.8 Å². The van der Waals surface area contributed by atoms with Crippen molar-refractivity contribution in [3.05, 3.63) is 36.2 Å². The van der Waals surface area contributed by atoms with Crippen molar-refractivity contribution >= 4 is 18.4 Å². The van der Waals surface area contributed by atoms with Gasteiger partial charge in [-0.3, -0.25) is 0 Å². The van der Waals surface area contributed by atoms with Crippen molar-refractivity contribution in [3.63, 3.8) is 0 Å². The Kier molecular flexibility index (Phi) is 6.36. The summed E-state index contributed by atoms with van der Waals surface area (Å²) in [6.07, 6.45) is 1.81. The standard InChI is InChI=1S/C17H22N4O2.ClH/c1-21(2)17-19-10-14(12-4-6-13(22-3)7-5-12)16(20-17)15-11-18-8-9-23-15;/h4-7,10,15,18H,8-9,11H2,1-3H3;1H. The highest BCUT2D eigenvalue weighted by Crippen LogP contribution is 2.31. The Morgan fingerprint density at radius 1 is 1.25 bits per heavy atom. The lowest BCUT2D eigenvalue weighted by Crippen LogP contribution is -2.34. The first-order valence-electron chi connectivity index (χ1n) is 7.70. The normalized spacial score (nSPS) is 17.0. The molecular weight excluding hydrogens is 328 g/mol. The molecule has 6 nitrogen and oxygen atoms in total. The molecule has 0 saturated carbocycles. The van der Waals surface area contributed by atoms with Crippen LogP contribution in [0.2, 0.25) is 0 Å². The van der Waals surface area contributed by atoms with Crippen molar-refractivity contribution in [1.82, 2.24) is 15.3 Å². The fourth-order valence-electron chi connectivity index (χ4n) is 2.58. The maximum absolute atomic E-state index is 5.91. The molecule has 130 valence electrons. The molecule has 2 heterocycles. The van der Waals surface area contributed by atoms with Crippen LogP contribution in [0, 0.1) is 0 Å². The molecule has 1 aromatic heterocycles. The number of halogens is 1. The SMILES string of the molecule is COc1ccc(-c2cnc(N(C)C)nc2C2CNCCO2)cc1.Cl. The topological polar surface area (TPSA) is 59.5 Å². The third-order valence-corrected chi connectivity index (χ3v) is 3.84. The number of nitrogens with one attached hydrogen (secondary N) is 1. The van der Waals surface area contributed by atoms with Gasteiger partial charge in [-0.1, -0.05) is 12.1 Å². The minimum absolute atomic E-state index is 0. The molecule has 0 spiro atoms. The number of aromatic nitrogens is 2. The van der Waals surface area contributed by atoms with Gasteiger partial charge in [-0.15, -0.1) is 12.4 Å². The summed E-state index contributed by atoms with van der Waals surface area (Å²) in [5.41, 5.74) is 2.97. The summed E-state index contributed by atoms with van der Waals surface area (Å²) < 4.78 is 11.1. The van der Waals surface area contributed by atoms with Gasteiger partial charge in [0.2, 0.25) is 5.95 Å². The summed E-state index contributed by atoms with van der Waals surface area (Å²) in [5.74, 6) is 1.52. The third-order valence-electron chi connectivity index (χ3n) is 3.84. The molecule has 1 fully saturated rings. The molecule has 1 aromatic carbocycles. The summed E-state index contributed by atoms with van der Waals surface area (Å²) in [6.45, 7) is 2.32. The van der Waals surface area contributed by atoms with Gasteiger partial charge < -0.3 is 19.7 Å². The maximum atomic E-state index is 5.91. The number of rotatable bonds is 4. The van der Waals surface area contributed by atoms with E-state index < -0.39 is 0 Å². The maximum Gasteiger partial charge on any atom is 0.225 e. The quantitative estimate of drug-likeness (QED) is 0.913. The van der Waals surface area contributed by atoms with Crippen LogP contribution < -0.4 is 15.0 Å². The Balaban J connectivity index is 0.00000208. The van der Waals surface area contributed by atoms with Gasteiger partial charge in [-0.05, 0) is 17.7 Å². The molecule has 0 radical (unpaired) electrons. The molecule has 1 aliphatic rings. The van der Waals surface area contributed by atoms with Crippen molar-refractivity contribution in [2.45, 2.75) is 6.10 Å². The first kappa shape index (κ1) is 18.4. The number of ether oxygens (including phenoxy) is 2. The van der Waals surface area contributed by atoms with Crippen molar-refractivity contribution < 1.29 is 9.47 Å². The Morgan fingerprint density at radius 2 is 2.00 bits per heavy atom. The van der Waals surface area contributed by atoms with Crippen LogP contribution in [-0.4, -0.2) is 50.9 Å². The highest BCUT2D eigenvalue weighted by Gasteiger charge is 2.22. The first-order chi connectivity index (χ1) is 11.2. The molecule has 0 amide bonds. The number of benzene rings is 1. The summed E-state index contributed by atoms with van der Waals surface area (Å²) in [4.78, 5) is 11.1. The molecule has 1 unspecified atom stereocenters. The van der Waals surface area contributed by atoms with Crippen LogP contribution in [0.5, 0.6) is 5.75 Å². The number of hydrogen-bond donors (Lipinski definition) is 1. The first-order valence-corrected chi connectivity index (χ1v) is 7.70. The van der Waals surface area contributed by atoms with E-state index in [1.807, 2.05) is 49.5 Å². The predicted molar refractivity (Wildman–Crippen MR) is 97.2 cm³/mol. The third kappa shape index (κ3) is 3.95. The van der Waals surface area contributed by atoms with Crippen LogP contribution in [0.4, 0.5) is 5.95 Å². The minimum Gasteiger partial charge on any atom is -0.497 e. The molecule has 1 N–H and O–H groups in total. The molecule has 24 heavy (non-hydrogen) atoms. The van der Waals surface area contributed by atoms with Gasteiger partial charge in [-0.2, -0.15) is 0 Å². The van der Waals surface area contributed by atoms with Gasteiger partial charge in [0.25, 0.3) is 0 Å². The fourth-order valence-corrected chi connectivity index (χ4v) is 2.58. The van der Waals surface area contributed by atoms with Gasteiger partial charge in [0.05, 0.1) is 19.4 Å². The van der Waals surface area contributed by atoms with E-state index in [4.69, 9.17) is 14.5 Å². The van der Waals surface area contributed by atoms with Crippen LogP contribution >= 0.6 is 12.4 Å². The Labute approximate surface area is 148 Å². The van der Waals surface area contributed by atoms with Gasteiger partial charge in [0.15, 0.2) is 0 Å². The Hall–Kier alpha value is -1.89. The number of hydrogen-bond acceptors (Lipinski definition) is 6. The van der Waals surface area contributed by atoms with E-state index in [0.717, 1.165) is 35.7 Å². The molecule has 2 aromatic rings. The Morgan fingerprint density at radius 3 is 2.58 bits per heavy atom. The molecule has 7 heteroatoms. The summed E-state index contributed by atoms with van der Waals surface area (Å²) in [7, 11) is 5.54. The molecule has 1 atom stereocenters. The second-order valence-electron chi connectivity index (χ2n) is 5.66. The largest absolute Gasteiger partial charge is 0.497 e. The van der Waals surface area contributed by atoms with E-state index in [9.17, 15) is 0 Å². The van der Waals surface area contributed by atoms with Crippen LogP contribution in [-0.2, 0) is 4.74 Å². The smallest absolute Gasteiger partial charge is 0.225 e. The molecule has 1 saturated heterocycles. The van der Waals surface area contributed by atoms with E-state index in [1.165, 1.54) is 0 Å². The lowest BCUT2D eigenvalue weighted by atomic mass is 10.0. The summed E-state index contributed by atoms with van der Waals surface area (Å²) in [5, 5.41) is 3.36. The van der Waals surface area contributed by atoms with E-state index in [2.05, 4.69) is 10.3 Å². The van der Waals surface area contributed by atoms with Gasteiger partial charge in [-0.25, -0.2) is 9.97 Å². The Bertz CT molecular complexity index is 658. The minimum atomic E-state index is -0.0671. The van der Waals surface area contributed by atoms with E-state index in [0.29, 0.717) is 12.6 Å². The van der Waals surface area contributed by atoms with Crippen LogP contribution in [0.3, 0.4) is 0 Å². The van der Waals surface area contributed by atoms with Gasteiger partial charge >= 0.3 is 0 Å². The molecule has 0 aliphatic carbocycles. The predicted octanol–water partition coefficient (Wildman–Crippen LogP) is 2.30. The highest BCUT2D eigenvalue weighted by atomic mass is 35.5. The van der Waals surface area contributed by atoms with Gasteiger partial charge in [0, 0.05) is 38.9 Å². The number of anilines is 1. The zero-order chi connectivity index (χ0) is 16.2. The zero-order valence-corrected chi connectivity index (χ0v) is 15.0. The van der Waals surface area contributed by atoms with E-state index in [1.54, 1.807) is 7.11 Å². The highest BCUT2D eigenvalue weighted by molar-refractivity contribution is 5.85. The zero-order valence-electron chi connectivity index (χ0n) is 14.2. The molecule has 1 aliphatic heterocycles.